The lowest BCUT2D eigenvalue weighted by Gasteiger charge is -2.58. The molecule has 10 heteroatoms. The summed E-state index contributed by atoms with van der Waals surface area (Å²) in [6.07, 6.45) is 17.6. The van der Waals surface area contributed by atoms with Crippen molar-refractivity contribution in [3.63, 3.8) is 0 Å². The Morgan fingerprint density at radius 1 is 1.17 bits per heavy atom. The van der Waals surface area contributed by atoms with Crippen LogP contribution in [0, 0.1) is 40.9 Å². The number of rotatable bonds is 10. The fourth-order valence-corrected chi connectivity index (χ4v) is 8.68. The molecule has 0 unspecified atom stereocenters. The van der Waals surface area contributed by atoms with Gasteiger partial charge in [0.15, 0.2) is 6.61 Å². The second kappa shape index (κ2) is 12.4. The number of nitrogens with one attached hydrogen (secondary N) is 2. The predicted octanol–water partition coefficient (Wildman–Crippen LogP) is 3.51. The van der Waals surface area contributed by atoms with Crippen LogP contribution >= 0.6 is 11.8 Å². The summed E-state index contributed by atoms with van der Waals surface area (Å²) >= 11 is 1.50. The average molecular weight is 588 g/mol. The number of terminal acetylenes is 1. The van der Waals surface area contributed by atoms with Gasteiger partial charge in [0.2, 0.25) is 5.91 Å². The van der Waals surface area contributed by atoms with E-state index >= 15 is 0 Å². The Kier molecular flexibility index (Phi) is 9.49. The summed E-state index contributed by atoms with van der Waals surface area (Å²) in [5.41, 5.74) is 1.09. The molecular weight excluding hydrogens is 542 g/mol. The van der Waals surface area contributed by atoms with Crippen LogP contribution in [0.4, 0.5) is 0 Å². The van der Waals surface area contributed by atoms with Crippen LogP contribution in [0.25, 0.3) is 0 Å². The van der Waals surface area contributed by atoms with Gasteiger partial charge in [-0.05, 0) is 106 Å². The minimum absolute atomic E-state index is 0.0872. The number of carbonyl (C=O) groups excluding carboxylic acids is 2. The highest BCUT2D eigenvalue weighted by Gasteiger charge is 2.63. The molecule has 4 rings (SSSR count). The molecule has 8 atom stereocenters. The summed E-state index contributed by atoms with van der Waals surface area (Å²) in [5.74, 6) is 2.75. The van der Waals surface area contributed by atoms with E-state index in [9.17, 15) is 24.6 Å². The summed E-state index contributed by atoms with van der Waals surface area (Å²) in [6, 6.07) is -1.91. The molecule has 0 heterocycles. The third kappa shape index (κ3) is 6.03. The van der Waals surface area contributed by atoms with Gasteiger partial charge in [-0.15, -0.1) is 6.42 Å². The van der Waals surface area contributed by atoms with Crippen LogP contribution in [0.1, 0.15) is 78.6 Å². The van der Waals surface area contributed by atoms with Gasteiger partial charge in [0.1, 0.15) is 17.7 Å². The van der Waals surface area contributed by atoms with E-state index in [1.807, 2.05) is 6.26 Å². The van der Waals surface area contributed by atoms with Crippen LogP contribution in [0.2, 0.25) is 0 Å². The van der Waals surface area contributed by atoms with Crippen molar-refractivity contribution in [2.24, 2.45) is 33.7 Å². The Morgan fingerprint density at radius 2 is 1.90 bits per heavy atom. The highest BCUT2D eigenvalue weighted by molar-refractivity contribution is 7.98. The van der Waals surface area contributed by atoms with E-state index in [0.717, 1.165) is 50.7 Å². The van der Waals surface area contributed by atoms with Crippen LogP contribution < -0.4 is 10.6 Å². The molecule has 0 aromatic heterocycles. The van der Waals surface area contributed by atoms with Crippen molar-refractivity contribution in [3.8, 4) is 12.3 Å². The monoisotopic (exact) mass is 587 g/mol. The molecular formula is C31H45N3O6S. The molecule has 226 valence electrons. The van der Waals surface area contributed by atoms with Gasteiger partial charge in [0.05, 0.1) is 5.71 Å². The van der Waals surface area contributed by atoms with E-state index < -0.39 is 35.5 Å². The number of allylic oxidation sites excluding steroid dienone is 2. The van der Waals surface area contributed by atoms with Gasteiger partial charge in [0.25, 0.3) is 5.91 Å². The molecule has 0 saturated heterocycles. The van der Waals surface area contributed by atoms with Crippen molar-refractivity contribution in [2.45, 2.75) is 96.2 Å². The van der Waals surface area contributed by atoms with Crippen molar-refractivity contribution < 1.29 is 29.4 Å². The van der Waals surface area contributed by atoms with Crippen molar-refractivity contribution in [2.75, 3.05) is 18.6 Å². The number of hydrogen-bond donors (Lipinski definition) is 4. The van der Waals surface area contributed by atoms with Gasteiger partial charge in [-0.2, -0.15) is 11.8 Å². The first-order valence-corrected chi connectivity index (χ1v) is 16.2. The number of nitrogens with zero attached hydrogens (tertiary/aromatic N) is 1. The zero-order valence-corrected chi connectivity index (χ0v) is 25.5. The first kappa shape index (κ1) is 31.4. The Hall–Kier alpha value is -2.51. The van der Waals surface area contributed by atoms with E-state index in [-0.39, 0.29) is 17.4 Å². The molecule has 0 spiro atoms. The highest BCUT2D eigenvalue weighted by atomic mass is 32.2. The largest absolute Gasteiger partial charge is 0.480 e. The summed E-state index contributed by atoms with van der Waals surface area (Å²) in [5, 5.41) is 29.8. The lowest BCUT2D eigenvalue weighted by molar-refractivity contribution is -0.142. The maximum absolute atomic E-state index is 12.4. The molecule has 2 amide bonds. The number of carbonyl (C=O) groups is 3. The van der Waals surface area contributed by atoms with Gasteiger partial charge in [-0.25, -0.2) is 4.79 Å². The maximum Gasteiger partial charge on any atom is 0.326 e. The van der Waals surface area contributed by atoms with Gasteiger partial charge < -0.3 is 25.7 Å². The third-order valence-corrected chi connectivity index (χ3v) is 11.4. The quantitative estimate of drug-likeness (QED) is 0.227. The average Bonchev–Trinajstić information content (AvgIpc) is 3.21. The summed E-state index contributed by atoms with van der Waals surface area (Å²) in [7, 11) is 0. The zero-order valence-electron chi connectivity index (χ0n) is 24.7. The summed E-state index contributed by atoms with van der Waals surface area (Å²) in [6.45, 7) is 5.76. The standard InChI is InChI=1S/C31H45N3O6S/c1-6-31(39)15-11-24-22-8-7-20-17-21(9-13-29(20,3)23(22)10-14-30(24,31)4)34-40-18-26(35)32-19(2)27(36)33-25(28(37)38)12-16-41-5/h1,17,19,22-25,39H,7-16,18H2,2-5H3,(H,32,35)(H,33,36)(H,37,38)/b34-21-/t19-,22-,23+,24+,25+,29+,30+,31+/m1/s1. The van der Waals surface area contributed by atoms with E-state index in [1.165, 1.54) is 24.3 Å². The van der Waals surface area contributed by atoms with E-state index in [0.29, 0.717) is 36.3 Å². The smallest absolute Gasteiger partial charge is 0.326 e. The normalized spacial score (nSPS) is 36.4. The zero-order chi connectivity index (χ0) is 30.0. The Bertz CT molecular complexity index is 1150. The van der Waals surface area contributed by atoms with Gasteiger partial charge >= 0.3 is 5.97 Å². The number of fused-ring (bicyclic) bond motifs is 5. The maximum atomic E-state index is 12.4. The van der Waals surface area contributed by atoms with Crippen molar-refractivity contribution in [1.29, 1.82) is 0 Å². The van der Waals surface area contributed by atoms with Crippen LogP contribution in [0.3, 0.4) is 0 Å². The van der Waals surface area contributed by atoms with Crippen molar-refractivity contribution in [3.05, 3.63) is 11.6 Å². The van der Waals surface area contributed by atoms with Crippen molar-refractivity contribution >= 4 is 35.3 Å². The number of carboxylic acids is 1. The molecule has 3 fully saturated rings. The number of aliphatic hydroxyl groups is 1. The van der Waals surface area contributed by atoms with E-state index in [4.69, 9.17) is 11.3 Å². The molecule has 4 aliphatic rings. The van der Waals surface area contributed by atoms with Gasteiger partial charge in [-0.1, -0.05) is 30.5 Å². The van der Waals surface area contributed by atoms with Crippen LogP contribution in [0.15, 0.2) is 16.8 Å². The molecule has 41 heavy (non-hydrogen) atoms. The molecule has 0 bridgehead atoms. The van der Waals surface area contributed by atoms with Crippen LogP contribution in [-0.2, 0) is 19.2 Å². The fourth-order valence-electron chi connectivity index (χ4n) is 8.21. The Balaban J connectivity index is 1.31. The van der Waals surface area contributed by atoms with E-state index in [1.54, 1.807) is 0 Å². The summed E-state index contributed by atoms with van der Waals surface area (Å²) in [4.78, 5) is 41.5. The van der Waals surface area contributed by atoms with Gasteiger partial charge in [0, 0.05) is 5.41 Å². The molecule has 3 saturated carbocycles. The third-order valence-electron chi connectivity index (χ3n) is 10.7. The Labute approximate surface area is 247 Å². The number of thioether (sulfide) groups is 1. The van der Waals surface area contributed by atoms with Crippen LogP contribution in [0.5, 0.6) is 0 Å². The molecule has 0 aromatic carbocycles. The van der Waals surface area contributed by atoms with Crippen molar-refractivity contribution in [1.82, 2.24) is 10.6 Å². The minimum Gasteiger partial charge on any atom is -0.480 e. The lowest BCUT2D eigenvalue weighted by Crippen LogP contribution is -2.54. The Morgan fingerprint density at radius 3 is 2.59 bits per heavy atom. The minimum atomic E-state index is -1.10. The first-order valence-electron chi connectivity index (χ1n) is 14.8. The summed E-state index contributed by atoms with van der Waals surface area (Å²) < 4.78 is 0. The van der Waals surface area contributed by atoms with Crippen LogP contribution in [-0.4, -0.2) is 70.0 Å². The SMILES string of the molecule is C#C[C@]1(O)CC[C@H]2[C@@H]3CCC4=C/C(=N\OCC(=O)N[C@H](C)C(=O)N[C@@H](CCSC)C(=O)O)CC[C@]4(C)[C@H]3CC[C@@]21C. The fraction of sp³-hybridized carbons (Fsp3) is 0.742. The molecule has 0 aromatic rings. The second-order valence-corrected chi connectivity index (χ2v) is 13.8. The first-order chi connectivity index (χ1) is 19.4. The molecule has 4 N–H and O–H groups in total. The molecule has 9 nitrogen and oxygen atoms in total. The predicted molar refractivity (Wildman–Crippen MR) is 159 cm³/mol. The van der Waals surface area contributed by atoms with Gasteiger partial charge in [-0.3, -0.25) is 9.59 Å². The number of aliphatic carboxylic acids is 1. The number of amides is 2. The molecule has 0 radical (unpaired) electrons. The molecule has 0 aliphatic heterocycles. The highest BCUT2D eigenvalue weighted by Crippen LogP contribution is 2.67. The number of oxime groups is 1. The second-order valence-electron chi connectivity index (χ2n) is 12.8. The topological polar surface area (TPSA) is 137 Å². The lowest BCUT2D eigenvalue weighted by atomic mass is 9.46. The number of hydrogen-bond acceptors (Lipinski definition) is 7. The number of carboxylic acid groups (broad SMARTS) is 1. The molecule has 4 aliphatic carbocycles. The van der Waals surface area contributed by atoms with E-state index in [2.05, 4.69) is 41.6 Å².